The summed E-state index contributed by atoms with van der Waals surface area (Å²) in [4.78, 5) is 15.0. The number of nitrogens with zero attached hydrogens (tertiary/aromatic N) is 3. The van der Waals surface area contributed by atoms with Crippen LogP contribution in [0.3, 0.4) is 0 Å². The number of carbonyl (C=O) groups is 1. The minimum atomic E-state index is -0.0855. The van der Waals surface area contributed by atoms with E-state index in [2.05, 4.69) is 41.3 Å². The van der Waals surface area contributed by atoms with Crippen LogP contribution in [0, 0.1) is 20.8 Å². The lowest BCUT2D eigenvalue weighted by molar-refractivity contribution is -0.0764. The zero-order valence-electron chi connectivity index (χ0n) is 20.0. The van der Waals surface area contributed by atoms with E-state index in [0.29, 0.717) is 12.2 Å². The molecular formula is C25H36N4O3. The number of hydrogen-bond acceptors (Lipinski definition) is 5. The highest BCUT2D eigenvalue weighted by molar-refractivity contribution is 5.92. The van der Waals surface area contributed by atoms with Crippen molar-refractivity contribution in [2.45, 2.75) is 64.7 Å². The quantitative estimate of drug-likeness (QED) is 0.747. The van der Waals surface area contributed by atoms with Crippen LogP contribution in [0.2, 0.25) is 0 Å². The third-order valence-corrected chi connectivity index (χ3v) is 7.29. The van der Waals surface area contributed by atoms with E-state index in [1.54, 1.807) is 18.8 Å². The monoisotopic (exact) mass is 440 g/mol. The van der Waals surface area contributed by atoms with Crippen LogP contribution in [0.25, 0.3) is 0 Å². The summed E-state index contributed by atoms with van der Waals surface area (Å²) in [6.45, 7) is 9.81. The van der Waals surface area contributed by atoms with E-state index in [1.807, 2.05) is 13.0 Å². The first-order valence-corrected chi connectivity index (χ1v) is 11.6. The molecule has 1 atom stereocenters. The zero-order valence-corrected chi connectivity index (χ0v) is 20.0. The molecular weight excluding hydrogens is 404 g/mol. The van der Waals surface area contributed by atoms with Gasteiger partial charge in [-0.1, -0.05) is 6.07 Å². The van der Waals surface area contributed by atoms with E-state index in [9.17, 15) is 4.79 Å². The van der Waals surface area contributed by atoms with E-state index in [-0.39, 0.29) is 17.6 Å². The third-order valence-electron chi connectivity index (χ3n) is 7.29. The van der Waals surface area contributed by atoms with E-state index in [1.165, 1.54) is 16.7 Å². The average molecular weight is 441 g/mol. The van der Waals surface area contributed by atoms with Gasteiger partial charge >= 0.3 is 0 Å². The Kier molecular flexibility index (Phi) is 6.58. The van der Waals surface area contributed by atoms with E-state index in [0.717, 1.165) is 56.8 Å². The molecule has 32 heavy (non-hydrogen) atoms. The van der Waals surface area contributed by atoms with Crippen molar-refractivity contribution in [3.8, 4) is 5.75 Å². The molecule has 0 unspecified atom stereocenters. The minimum Gasteiger partial charge on any atom is -0.496 e. The summed E-state index contributed by atoms with van der Waals surface area (Å²) < 4.78 is 13.6. The van der Waals surface area contributed by atoms with Crippen LogP contribution < -0.4 is 10.1 Å². The van der Waals surface area contributed by atoms with Gasteiger partial charge in [0.1, 0.15) is 11.4 Å². The number of piperidine rings is 1. The number of methoxy groups -OCH3 is 1. The number of aryl methyl sites for hydroxylation is 2. The SMILES string of the molecule is COc1ccc(CN2CCC3(CC[C@@H](CNC(=O)c4cc(C)nn4C)O3)CC2)c(C)c1C. The number of likely N-dealkylation sites (tertiary alicyclic amines) is 1. The van der Waals surface area contributed by atoms with Crippen molar-refractivity contribution in [3.63, 3.8) is 0 Å². The molecule has 1 amide bonds. The van der Waals surface area contributed by atoms with Crippen LogP contribution in [0.4, 0.5) is 0 Å². The second-order valence-corrected chi connectivity index (χ2v) is 9.42. The van der Waals surface area contributed by atoms with Crippen LogP contribution in [0.1, 0.15) is 58.6 Å². The van der Waals surface area contributed by atoms with Gasteiger partial charge in [0.05, 0.1) is 24.5 Å². The van der Waals surface area contributed by atoms with Crippen molar-refractivity contribution < 1.29 is 14.3 Å². The Labute approximate surface area is 191 Å². The van der Waals surface area contributed by atoms with E-state index in [4.69, 9.17) is 9.47 Å². The molecule has 0 saturated carbocycles. The molecule has 0 aliphatic carbocycles. The number of ether oxygens (including phenoxy) is 2. The number of aromatic nitrogens is 2. The second-order valence-electron chi connectivity index (χ2n) is 9.42. The molecule has 7 heteroatoms. The summed E-state index contributed by atoms with van der Waals surface area (Å²) in [5.41, 5.74) is 5.33. The van der Waals surface area contributed by atoms with Crippen molar-refractivity contribution >= 4 is 5.91 Å². The Morgan fingerprint density at radius 1 is 1.22 bits per heavy atom. The van der Waals surface area contributed by atoms with Crippen molar-refractivity contribution in [2.75, 3.05) is 26.7 Å². The fraction of sp³-hybridized carbons (Fsp3) is 0.600. The van der Waals surface area contributed by atoms with Gasteiger partial charge in [0.25, 0.3) is 5.91 Å². The molecule has 1 N–H and O–H groups in total. The van der Waals surface area contributed by atoms with Gasteiger partial charge in [0, 0.05) is 33.2 Å². The number of nitrogens with one attached hydrogen (secondary N) is 1. The molecule has 0 bridgehead atoms. The summed E-state index contributed by atoms with van der Waals surface area (Å²) in [6, 6.07) is 6.09. The molecule has 2 saturated heterocycles. The van der Waals surface area contributed by atoms with Crippen LogP contribution >= 0.6 is 0 Å². The van der Waals surface area contributed by atoms with Crippen LogP contribution in [-0.2, 0) is 18.3 Å². The molecule has 7 nitrogen and oxygen atoms in total. The first-order valence-electron chi connectivity index (χ1n) is 11.6. The van der Waals surface area contributed by atoms with Gasteiger partial charge in [0.15, 0.2) is 0 Å². The third kappa shape index (κ3) is 4.69. The van der Waals surface area contributed by atoms with Crippen LogP contribution in [0.15, 0.2) is 18.2 Å². The Morgan fingerprint density at radius 3 is 2.62 bits per heavy atom. The van der Waals surface area contributed by atoms with E-state index >= 15 is 0 Å². The van der Waals surface area contributed by atoms with Gasteiger partial charge in [-0.2, -0.15) is 5.10 Å². The molecule has 2 aromatic rings. The molecule has 2 aliphatic rings. The maximum Gasteiger partial charge on any atom is 0.269 e. The predicted octanol–water partition coefficient (Wildman–Crippen LogP) is 3.30. The van der Waals surface area contributed by atoms with E-state index < -0.39 is 0 Å². The minimum absolute atomic E-state index is 0.0279. The smallest absolute Gasteiger partial charge is 0.269 e. The average Bonchev–Trinajstić information content (AvgIpc) is 3.34. The number of rotatable bonds is 6. The summed E-state index contributed by atoms with van der Waals surface area (Å²) in [5, 5.41) is 7.28. The Balaban J connectivity index is 1.27. The summed E-state index contributed by atoms with van der Waals surface area (Å²) >= 11 is 0. The van der Waals surface area contributed by atoms with Crippen molar-refractivity contribution in [1.82, 2.24) is 20.0 Å². The van der Waals surface area contributed by atoms with Gasteiger partial charge in [-0.05, 0) is 75.3 Å². The number of benzene rings is 1. The van der Waals surface area contributed by atoms with Crippen LogP contribution in [-0.4, -0.2) is 59.0 Å². The van der Waals surface area contributed by atoms with Gasteiger partial charge in [-0.3, -0.25) is 14.4 Å². The lowest BCUT2D eigenvalue weighted by atomic mass is 9.88. The molecule has 0 radical (unpaired) electrons. The lowest BCUT2D eigenvalue weighted by Gasteiger charge is -2.39. The molecule has 4 rings (SSSR count). The fourth-order valence-corrected chi connectivity index (χ4v) is 5.13. The largest absolute Gasteiger partial charge is 0.496 e. The molecule has 1 aromatic heterocycles. The topological polar surface area (TPSA) is 68.6 Å². The Hall–Kier alpha value is -2.38. The van der Waals surface area contributed by atoms with Crippen molar-refractivity contribution in [2.24, 2.45) is 7.05 Å². The maximum absolute atomic E-state index is 12.5. The molecule has 2 fully saturated rings. The van der Waals surface area contributed by atoms with Crippen molar-refractivity contribution in [3.05, 3.63) is 46.3 Å². The van der Waals surface area contributed by atoms with Gasteiger partial charge in [-0.25, -0.2) is 0 Å². The highest BCUT2D eigenvalue weighted by atomic mass is 16.5. The Bertz CT molecular complexity index is 976. The Morgan fingerprint density at radius 2 is 1.97 bits per heavy atom. The van der Waals surface area contributed by atoms with Gasteiger partial charge in [-0.15, -0.1) is 0 Å². The number of amides is 1. The first-order chi connectivity index (χ1) is 15.3. The van der Waals surface area contributed by atoms with Crippen LogP contribution in [0.5, 0.6) is 5.75 Å². The number of carbonyl (C=O) groups excluding carboxylic acids is 1. The summed E-state index contributed by atoms with van der Waals surface area (Å²) in [7, 11) is 3.52. The highest BCUT2D eigenvalue weighted by Gasteiger charge is 2.42. The zero-order chi connectivity index (χ0) is 22.9. The second kappa shape index (κ2) is 9.24. The van der Waals surface area contributed by atoms with Crippen molar-refractivity contribution in [1.29, 1.82) is 0 Å². The fourth-order valence-electron chi connectivity index (χ4n) is 5.13. The summed E-state index contributed by atoms with van der Waals surface area (Å²) in [6.07, 6.45) is 4.26. The molecule has 1 spiro atoms. The molecule has 174 valence electrons. The lowest BCUT2D eigenvalue weighted by Crippen LogP contribution is -2.45. The molecule has 1 aromatic carbocycles. The first kappa shape index (κ1) is 22.8. The van der Waals surface area contributed by atoms with Gasteiger partial charge in [0.2, 0.25) is 0 Å². The summed E-state index contributed by atoms with van der Waals surface area (Å²) in [5.74, 6) is 0.873. The standard InChI is InChI=1S/C25H36N4O3/c1-17-14-22(28(4)27-17)24(30)26-15-21-8-9-25(32-21)10-12-29(13-11-25)16-20-6-7-23(31-5)19(3)18(20)2/h6-7,14,21H,8-13,15-16H2,1-5H3,(H,26,30)/t21-/m0/s1. The molecule has 2 aliphatic heterocycles. The predicted molar refractivity (Wildman–Crippen MR) is 124 cm³/mol. The highest BCUT2D eigenvalue weighted by Crippen LogP contribution is 2.39. The number of hydrogen-bond donors (Lipinski definition) is 1. The van der Waals surface area contributed by atoms with Gasteiger partial charge < -0.3 is 14.8 Å². The normalized spacial score (nSPS) is 20.6. The maximum atomic E-state index is 12.5. The molecule has 3 heterocycles.